The second-order valence-electron chi connectivity index (χ2n) is 6.73. The number of ether oxygens (including phenoxy) is 3. The van der Waals surface area contributed by atoms with E-state index in [0.29, 0.717) is 23.7 Å². The van der Waals surface area contributed by atoms with Crippen LogP contribution in [-0.4, -0.2) is 48.9 Å². The van der Waals surface area contributed by atoms with Gasteiger partial charge in [-0.3, -0.25) is 19.3 Å². The van der Waals surface area contributed by atoms with E-state index in [2.05, 4.69) is 22.6 Å². The lowest BCUT2D eigenvalue weighted by atomic mass is 10.2. The lowest BCUT2D eigenvalue weighted by Gasteiger charge is -2.13. The van der Waals surface area contributed by atoms with Crippen LogP contribution in [-0.2, 0) is 14.3 Å². The summed E-state index contributed by atoms with van der Waals surface area (Å²) in [6.07, 6.45) is 2.48. The van der Waals surface area contributed by atoms with Crippen LogP contribution in [0, 0.1) is 9.49 Å². The summed E-state index contributed by atoms with van der Waals surface area (Å²) in [7, 11) is 1.55. The number of carbonyl (C=O) groups is 3. The average molecular weight is 533 g/mol. The minimum atomic E-state index is -0.601. The number of halogens is 1. The number of thioether (sulfide) groups is 1. The molecule has 1 aromatic rings. The molecule has 1 heterocycles. The van der Waals surface area contributed by atoms with E-state index >= 15 is 0 Å². The zero-order valence-corrected chi connectivity index (χ0v) is 19.8. The van der Waals surface area contributed by atoms with Gasteiger partial charge in [0.1, 0.15) is 6.54 Å². The van der Waals surface area contributed by atoms with Crippen molar-refractivity contribution in [2.45, 2.75) is 27.2 Å². The molecule has 158 valence electrons. The van der Waals surface area contributed by atoms with Crippen LogP contribution in [0.3, 0.4) is 0 Å². The maximum atomic E-state index is 12.6. The fraction of sp³-hybridized carbons (Fsp3) is 0.450. The highest BCUT2D eigenvalue weighted by atomic mass is 127. The van der Waals surface area contributed by atoms with Crippen molar-refractivity contribution in [3.05, 3.63) is 26.2 Å². The van der Waals surface area contributed by atoms with Gasteiger partial charge in [-0.15, -0.1) is 0 Å². The van der Waals surface area contributed by atoms with Gasteiger partial charge in [-0.1, -0.05) is 20.8 Å². The zero-order valence-electron chi connectivity index (χ0n) is 16.8. The first-order valence-electron chi connectivity index (χ1n) is 9.18. The van der Waals surface area contributed by atoms with E-state index in [0.717, 1.165) is 26.7 Å². The van der Waals surface area contributed by atoms with Gasteiger partial charge in [-0.25, -0.2) is 0 Å². The van der Waals surface area contributed by atoms with Crippen LogP contribution in [0.4, 0.5) is 4.79 Å². The minimum absolute atomic E-state index is 0.176. The monoisotopic (exact) mass is 533 g/mol. The highest BCUT2D eigenvalue weighted by Gasteiger charge is 2.36. The van der Waals surface area contributed by atoms with Crippen molar-refractivity contribution >= 4 is 57.5 Å². The van der Waals surface area contributed by atoms with Crippen LogP contribution in [0.2, 0.25) is 0 Å². The van der Waals surface area contributed by atoms with Crippen molar-refractivity contribution in [2.75, 3.05) is 26.9 Å². The topological polar surface area (TPSA) is 82.1 Å². The Morgan fingerprint density at radius 1 is 1.31 bits per heavy atom. The molecular weight excluding hydrogens is 509 g/mol. The molecule has 7 nitrogen and oxygen atoms in total. The largest absolute Gasteiger partial charge is 0.493 e. The van der Waals surface area contributed by atoms with Crippen LogP contribution in [0.25, 0.3) is 6.08 Å². The second-order valence-corrected chi connectivity index (χ2v) is 8.88. The van der Waals surface area contributed by atoms with Gasteiger partial charge in [-0.05, 0) is 70.5 Å². The van der Waals surface area contributed by atoms with Crippen molar-refractivity contribution in [2.24, 2.45) is 5.92 Å². The molecule has 0 N–H and O–H groups in total. The molecular formula is C20H24INO6S. The third-order valence-electron chi connectivity index (χ3n) is 3.74. The molecule has 2 rings (SSSR count). The standard InChI is InChI=1S/C20H24INO6S/c1-5-6-27-18-14(21)7-13(8-15(18)26-4)9-16-19(24)22(20(25)29-16)10-17(23)28-11-12(2)3/h7-9,12H,5-6,10-11H2,1-4H3/b16-9-. The summed E-state index contributed by atoms with van der Waals surface area (Å²) in [4.78, 5) is 37.8. The number of rotatable bonds is 9. The summed E-state index contributed by atoms with van der Waals surface area (Å²) in [5.74, 6) is 0.259. The Kier molecular flexibility index (Phi) is 8.81. The van der Waals surface area contributed by atoms with Crippen molar-refractivity contribution in [1.29, 1.82) is 0 Å². The number of benzene rings is 1. The highest BCUT2D eigenvalue weighted by molar-refractivity contribution is 14.1. The van der Waals surface area contributed by atoms with Crippen LogP contribution in [0.1, 0.15) is 32.8 Å². The SMILES string of the molecule is CCCOc1c(I)cc(/C=C2\SC(=O)N(CC(=O)OCC(C)C)C2=O)cc1OC. The number of methoxy groups -OCH3 is 1. The van der Waals surface area contributed by atoms with E-state index < -0.39 is 17.1 Å². The van der Waals surface area contributed by atoms with Crippen molar-refractivity contribution in [1.82, 2.24) is 4.90 Å². The molecule has 2 amide bonds. The van der Waals surface area contributed by atoms with Gasteiger partial charge in [0.2, 0.25) is 0 Å². The first kappa shape index (κ1) is 23.5. The molecule has 0 aromatic heterocycles. The van der Waals surface area contributed by atoms with Gasteiger partial charge in [0.15, 0.2) is 11.5 Å². The molecule has 9 heteroatoms. The van der Waals surface area contributed by atoms with Crippen molar-refractivity contribution in [3.8, 4) is 11.5 Å². The fourth-order valence-corrected chi connectivity index (χ4v) is 4.01. The molecule has 0 bridgehead atoms. The molecule has 29 heavy (non-hydrogen) atoms. The summed E-state index contributed by atoms with van der Waals surface area (Å²) in [5, 5.41) is -0.493. The predicted molar refractivity (Wildman–Crippen MR) is 120 cm³/mol. The number of esters is 1. The number of hydrogen-bond donors (Lipinski definition) is 0. The van der Waals surface area contributed by atoms with Crippen LogP contribution in [0.15, 0.2) is 17.0 Å². The number of amides is 2. The Morgan fingerprint density at radius 3 is 2.66 bits per heavy atom. The van der Waals surface area contributed by atoms with Crippen molar-refractivity contribution < 1.29 is 28.6 Å². The quantitative estimate of drug-likeness (QED) is 0.266. The molecule has 0 unspecified atom stereocenters. The Bertz CT molecular complexity index is 823. The van der Waals surface area contributed by atoms with Crippen LogP contribution < -0.4 is 9.47 Å². The molecule has 1 saturated heterocycles. The lowest BCUT2D eigenvalue weighted by molar-refractivity contribution is -0.147. The molecule has 0 atom stereocenters. The van der Waals surface area contributed by atoms with E-state index in [1.807, 2.05) is 26.8 Å². The molecule has 0 spiro atoms. The van der Waals surface area contributed by atoms with Gasteiger partial charge in [0, 0.05) is 0 Å². The lowest BCUT2D eigenvalue weighted by Crippen LogP contribution is -2.34. The van der Waals surface area contributed by atoms with Crippen LogP contribution >= 0.6 is 34.4 Å². The smallest absolute Gasteiger partial charge is 0.326 e. The maximum absolute atomic E-state index is 12.6. The Morgan fingerprint density at radius 2 is 2.03 bits per heavy atom. The number of imide groups is 1. The first-order valence-corrected chi connectivity index (χ1v) is 11.1. The zero-order chi connectivity index (χ0) is 21.6. The molecule has 1 aliphatic heterocycles. The first-order chi connectivity index (χ1) is 13.8. The Labute approximate surface area is 188 Å². The Balaban J connectivity index is 2.18. The molecule has 1 aromatic carbocycles. The third kappa shape index (κ3) is 6.36. The number of hydrogen-bond acceptors (Lipinski definition) is 7. The number of nitrogens with zero attached hydrogens (tertiary/aromatic N) is 1. The summed E-state index contributed by atoms with van der Waals surface area (Å²) < 4.78 is 17.0. The predicted octanol–water partition coefficient (Wildman–Crippen LogP) is 4.32. The van der Waals surface area contributed by atoms with E-state index in [9.17, 15) is 14.4 Å². The molecule has 1 fully saturated rings. The molecule has 0 saturated carbocycles. The normalized spacial score (nSPS) is 15.4. The van der Waals surface area contributed by atoms with E-state index in [-0.39, 0.29) is 24.0 Å². The maximum Gasteiger partial charge on any atom is 0.326 e. The molecule has 0 aliphatic carbocycles. The van der Waals surface area contributed by atoms with Gasteiger partial charge < -0.3 is 14.2 Å². The summed E-state index contributed by atoms with van der Waals surface area (Å²) >= 11 is 2.94. The summed E-state index contributed by atoms with van der Waals surface area (Å²) in [5.41, 5.74) is 0.697. The van der Waals surface area contributed by atoms with Gasteiger partial charge in [-0.2, -0.15) is 0 Å². The van der Waals surface area contributed by atoms with Gasteiger partial charge >= 0.3 is 5.97 Å². The molecule has 0 radical (unpaired) electrons. The average Bonchev–Trinajstić information content (AvgIpc) is 2.92. The Hall–Kier alpha value is -1.75. The van der Waals surface area contributed by atoms with E-state index in [1.165, 1.54) is 0 Å². The van der Waals surface area contributed by atoms with E-state index in [4.69, 9.17) is 14.2 Å². The summed E-state index contributed by atoms with van der Waals surface area (Å²) in [6, 6.07) is 3.59. The minimum Gasteiger partial charge on any atom is -0.493 e. The summed E-state index contributed by atoms with van der Waals surface area (Å²) in [6.45, 7) is 6.25. The highest BCUT2D eigenvalue weighted by Crippen LogP contribution is 2.37. The van der Waals surface area contributed by atoms with Gasteiger partial charge in [0.25, 0.3) is 11.1 Å². The third-order valence-corrected chi connectivity index (χ3v) is 5.45. The molecule has 1 aliphatic rings. The van der Waals surface area contributed by atoms with Gasteiger partial charge in [0.05, 0.1) is 28.8 Å². The fourth-order valence-electron chi connectivity index (χ4n) is 2.39. The van der Waals surface area contributed by atoms with Crippen LogP contribution in [0.5, 0.6) is 11.5 Å². The number of carbonyl (C=O) groups excluding carboxylic acids is 3. The second kappa shape index (κ2) is 10.9. The van der Waals surface area contributed by atoms with E-state index in [1.54, 1.807) is 19.3 Å². The van der Waals surface area contributed by atoms with Crippen molar-refractivity contribution in [3.63, 3.8) is 0 Å².